The van der Waals surface area contributed by atoms with Gasteiger partial charge in [-0.1, -0.05) is 6.07 Å². The zero-order chi connectivity index (χ0) is 24.4. The number of hydrogen-bond donors (Lipinski definition) is 4. The third-order valence-electron chi connectivity index (χ3n) is 5.68. The van der Waals surface area contributed by atoms with Gasteiger partial charge in [-0.3, -0.25) is 0 Å². The van der Waals surface area contributed by atoms with E-state index in [-0.39, 0.29) is 36.0 Å². The van der Waals surface area contributed by atoms with Crippen LogP contribution in [0, 0.1) is 0 Å². The Morgan fingerprint density at radius 1 is 0.824 bits per heavy atom. The number of benzene rings is 3. The van der Waals surface area contributed by atoms with E-state index >= 15 is 0 Å². The molecule has 0 radical (unpaired) electrons. The van der Waals surface area contributed by atoms with E-state index in [1.165, 1.54) is 45.6 Å². The molecule has 9 nitrogen and oxygen atoms in total. The fourth-order valence-corrected chi connectivity index (χ4v) is 4.02. The van der Waals surface area contributed by atoms with Gasteiger partial charge in [-0.15, -0.1) is 0 Å². The Balaban J connectivity index is 1.67. The predicted octanol–water partition coefficient (Wildman–Crippen LogP) is 3.80. The van der Waals surface area contributed by atoms with E-state index in [1.807, 2.05) is 0 Å². The largest absolute Gasteiger partial charge is 0.508 e. The summed E-state index contributed by atoms with van der Waals surface area (Å²) < 4.78 is 28.5. The molecule has 0 unspecified atom stereocenters. The number of methoxy groups -OCH3 is 3. The topological polar surface area (TPSA) is 127 Å². The van der Waals surface area contributed by atoms with Crippen molar-refractivity contribution < 1.29 is 44.1 Å². The van der Waals surface area contributed by atoms with Crippen molar-refractivity contribution in [1.29, 1.82) is 0 Å². The summed E-state index contributed by atoms with van der Waals surface area (Å²) in [6.45, 7) is 0.152. The molecule has 3 aromatic carbocycles. The molecule has 1 aliphatic heterocycles. The molecule has 0 aliphatic carbocycles. The minimum atomic E-state index is -0.692. The van der Waals surface area contributed by atoms with Gasteiger partial charge in [0, 0.05) is 24.1 Å². The summed E-state index contributed by atoms with van der Waals surface area (Å²) in [5.41, 5.74) is 1.80. The first-order valence-electron chi connectivity index (χ1n) is 10.5. The molecular formula is C25H26O9. The number of fused-ring (bicyclic) bond motifs is 1. The van der Waals surface area contributed by atoms with Crippen molar-refractivity contribution in [2.45, 2.75) is 25.2 Å². The Morgan fingerprint density at radius 3 is 2.15 bits per heavy atom. The van der Waals surface area contributed by atoms with E-state index in [2.05, 4.69) is 0 Å². The maximum Gasteiger partial charge on any atom is 0.203 e. The van der Waals surface area contributed by atoms with Gasteiger partial charge in [0.05, 0.1) is 27.9 Å². The van der Waals surface area contributed by atoms with Gasteiger partial charge in [0.15, 0.2) is 29.1 Å². The lowest BCUT2D eigenvalue weighted by Gasteiger charge is -2.34. The SMILES string of the molecule is COc1cc(CO[C@@H]2Cc3c(O)cc(O)cc3O[C@@H]2c2ccc(O)c(O)c2)cc(OC)c1OC. The summed E-state index contributed by atoms with van der Waals surface area (Å²) in [6.07, 6.45) is -0.994. The minimum Gasteiger partial charge on any atom is -0.508 e. The maximum absolute atomic E-state index is 10.4. The maximum atomic E-state index is 10.4. The van der Waals surface area contributed by atoms with Crippen LogP contribution in [0.2, 0.25) is 0 Å². The second-order valence-electron chi connectivity index (χ2n) is 7.82. The fourth-order valence-electron chi connectivity index (χ4n) is 4.02. The number of ether oxygens (including phenoxy) is 5. The molecule has 0 amide bonds. The molecule has 0 spiro atoms. The first-order valence-corrected chi connectivity index (χ1v) is 10.5. The number of phenolic OH excluding ortho intramolecular Hbond substituents is 4. The highest BCUT2D eigenvalue weighted by atomic mass is 16.5. The van der Waals surface area contributed by atoms with Crippen LogP contribution in [0.25, 0.3) is 0 Å². The third-order valence-corrected chi connectivity index (χ3v) is 5.68. The average molecular weight is 470 g/mol. The van der Waals surface area contributed by atoms with E-state index < -0.39 is 12.2 Å². The molecule has 4 rings (SSSR count). The van der Waals surface area contributed by atoms with E-state index in [1.54, 1.807) is 18.2 Å². The standard InChI is InChI=1S/C25H26O9/c1-30-21-6-13(7-22(31-2)25(21)32-3)12-33-23-11-16-18(28)9-15(26)10-20(16)34-24(23)14-4-5-17(27)19(29)8-14/h4-10,23-24,26-29H,11-12H2,1-3H3/t23-,24-/m1/s1. The van der Waals surface area contributed by atoms with Crippen LogP contribution < -0.4 is 18.9 Å². The first-order chi connectivity index (χ1) is 16.3. The summed E-state index contributed by atoms with van der Waals surface area (Å²) in [5.74, 6) is 0.939. The van der Waals surface area contributed by atoms with Gasteiger partial charge in [0.2, 0.25) is 5.75 Å². The highest BCUT2D eigenvalue weighted by Crippen LogP contribution is 2.44. The van der Waals surface area contributed by atoms with Crippen molar-refractivity contribution in [3.8, 4) is 46.0 Å². The van der Waals surface area contributed by atoms with Gasteiger partial charge in [0.1, 0.15) is 23.4 Å². The van der Waals surface area contributed by atoms with Crippen LogP contribution in [-0.2, 0) is 17.8 Å². The Labute approximate surface area is 196 Å². The van der Waals surface area contributed by atoms with Gasteiger partial charge >= 0.3 is 0 Å². The van der Waals surface area contributed by atoms with Crippen molar-refractivity contribution in [3.63, 3.8) is 0 Å². The summed E-state index contributed by atoms with van der Waals surface area (Å²) in [5, 5.41) is 40.0. The van der Waals surface area contributed by atoms with Gasteiger partial charge in [-0.25, -0.2) is 0 Å². The van der Waals surface area contributed by atoms with E-state index in [0.29, 0.717) is 34.1 Å². The average Bonchev–Trinajstić information content (AvgIpc) is 2.83. The Bertz CT molecular complexity index is 1170. The van der Waals surface area contributed by atoms with Crippen LogP contribution >= 0.6 is 0 Å². The zero-order valence-corrected chi connectivity index (χ0v) is 18.9. The van der Waals surface area contributed by atoms with Crippen molar-refractivity contribution in [2.24, 2.45) is 0 Å². The Morgan fingerprint density at radius 2 is 1.53 bits per heavy atom. The van der Waals surface area contributed by atoms with Gasteiger partial charge in [0.25, 0.3) is 0 Å². The van der Waals surface area contributed by atoms with Gasteiger partial charge in [-0.05, 0) is 35.4 Å². The quantitative estimate of drug-likeness (QED) is 0.381. The van der Waals surface area contributed by atoms with E-state index in [4.69, 9.17) is 23.7 Å². The second-order valence-corrected chi connectivity index (χ2v) is 7.82. The first kappa shape index (κ1) is 23.2. The lowest BCUT2D eigenvalue weighted by molar-refractivity contribution is -0.0467. The molecule has 34 heavy (non-hydrogen) atoms. The predicted molar refractivity (Wildman–Crippen MR) is 121 cm³/mol. The molecule has 1 aliphatic rings. The molecule has 2 atom stereocenters. The fraction of sp³-hybridized carbons (Fsp3) is 0.280. The number of rotatable bonds is 7. The van der Waals surface area contributed by atoms with Crippen LogP contribution in [0.5, 0.6) is 46.0 Å². The van der Waals surface area contributed by atoms with Crippen molar-refractivity contribution >= 4 is 0 Å². The molecule has 0 aromatic heterocycles. The van der Waals surface area contributed by atoms with Crippen molar-refractivity contribution in [2.75, 3.05) is 21.3 Å². The highest BCUT2D eigenvalue weighted by Gasteiger charge is 2.34. The number of phenols is 4. The molecule has 4 N–H and O–H groups in total. The Hall–Kier alpha value is -3.98. The number of aromatic hydroxyl groups is 4. The monoisotopic (exact) mass is 470 g/mol. The third kappa shape index (κ3) is 4.42. The van der Waals surface area contributed by atoms with Crippen LogP contribution in [0.4, 0.5) is 0 Å². The van der Waals surface area contributed by atoms with E-state index in [9.17, 15) is 20.4 Å². The second kappa shape index (κ2) is 9.48. The molecule has 1 heterocycles. The Kier molecular flexibility index (Phi) is 6.47. The van der Waals surface area contributed by atoms with Crippen molar-refractivity contribution in [3.05, 3.63) is 59.2 Å². The normalized spacial score (nSPS) is 16.9. The zero-order valence-electron chi connectivity index (χ0n) is 18.9. The molecule has 180 valence electrons. The molecule has 9 heteroatoms. The highest BCUT2D eigenvalue weighted by molar-refractivity contribution is 5.54. The number of hydrogen-bond acceptors (Lipinski definition) is 9. The molecule has 0 saturated carbocycles. The molecule has 0 saturated heterocycles. The van der Waals surface area contributed by atoms with Crippen LogP contribution in [-0.4, -0.2) is 47.9 Å². The molecule has 3 aromatic rings. The smallest absolute Gasteiger partial charge is 0.203 e. The van der Waals surface area contributed by atoms with Gasteiger partial charge in [-0.2, -0.15) is 0 Å². The van der Waals surface area contributed by atoms with Crippen molar-refractivity contribution in [1.82, 2.24) is 0 Å². The van der Waals surface area contributed by atoms with Gasteiger partial charge < -0.3 is 44.1 Å². The van der Waals surface area contributed by atoms with Crippen LogP contribution in [0.3, 0.4) is 0 Å². The molecule has 0 bridgehead atoms. The van der Waals surface area contributed by atoms with Crippen LogP contribution in [0.1, 0.15) is 22.8 Å². The summed E-state index contributed by atoms with van der Waals surface area (Å²) >= 11 is 0. The lowest BCUT2D eigenvalue weighted by Crippen LogP contribution is -2.33. The minimum absolute atomic E-state index is 0.108. The summed E-state index contributed by atoms with van der Waals surface area (Å²) in [7, 11) is 4.58. The molecular weight excluding hydrogens is 444 g/mol. The summed E-state index contributed by atoms with van der Waals surface area (Å²) in [6, 6.07) is 10.6. The van der Waals surface area contributed by atoms with E-state index in [0.717, 1.165) is 5.56 Å². The lowest BCUT2D eigenvalue weighted by atomic mass is 9.93. The molecule has 0 fully saturated rings. The van der Waals surface area contributed by atoms with Crippen LogP contribution in [0.15, 0.2) is 42.5 Å². The summed E-state index contributed by atoms with van der Waals surface area (Å²) in [4.78, 5) is 0.